The van der Waals surface area contributed by atoms with Crippen molar-refractivity contribution in [2.75, 3.05) is 6.61 Å². The molecule has 1 atom stereocenters. The molecule has 1 aliphatic rings. The van der Waals surface area contributed by atoms with Gasteiger partial charge in [-0.25, -0.2) is 0 Å². The van der Waals surface area contributed by atoms with Crippen LogP contribution in [0.4, 0.5) is 0 Å². The van der Waals surface area contributed by atoms with Gasteiger partial charge >= 0.3 is 36.9 Å². The Morgan fingerprint density at radius 1 is 1.75 bits per heavy atom. The molecule has 0 radical (unpaired) electrons. The Morgan fingerprint density at radius 2 is 2.38 bits per heavy atom. The Balaban J connectivity index is 0.000000490. The van der Waals surface area contributed by atoms with Crippen molar-refractivity contribution < 1.29 is 43.9 Å². The molecule has 1 heterocycles. The molecule has 0 aromatic rings. The zero-order valence-corrected chi connectivity index (χ0v) is 7.09. The van der Waals surface area contributed by atoms with Crippen LogP contribution in [0, 0.1) is 0 Å². The van der Waals surface area contributed by atoms with Crippen LogP contribution in [0.15, 0.2) is 0 Å². The summed E-state index contributed by atoms with van der Waals surface area (Å²) in [5.74, 6) is 0. The first-order chi connectivity index (χ1) is 3.29. The molecular weight excluding hydrogens is 118 g/mol. The largest absolute Gasteiger partial charge is 1.00 e. The van der Waals surface area contributed by atoms with Crippen LogP contribution in [-0.4, -0.2) is 20.0 Å². The first-order valence-electron chi connectivity index (χ1n) is 2.22. The van der Waals surface area contributed by atoms with E-state index in [9.17, 15) is 5.02 Å². The monoisotopic (exact) mass is 124 g/mol. The Bertz CT molecular complexity index is 63.5. The van der Waals surface area contributed by atoms with Crippen LogP contribution in [0.1, 0.15) is 6.92 Å². The smallest absolute Gasteiger partial charge is 0.832 e. The van der Waals surface area contributed by atoms with Crippen LogP contribution in [0.2, 0.25) is 0 Å². The van der Waals surface area contributed by atoms with E-state index in [0.29, 0.717) is 6.61 Å². The van der Waals surface area contributed by atoms with E-state index in [4.69, 9.17) is 0 Å². The molecule has 5 heteroatoms. The third-order valence-corrected chi connectivity index (χ3v) is 0.810. The molecule has 0 aromatic heterocycles. The fraction of sp³-hybridized carbons (Fsp3) is 1.00. The number of hydrogen-bond donors (Lipinski definition) is 0. The van der Waals surface area contributed by atoms with Gasteiger partial charge in [-0.3, -0.25) is 0 Å². The summed E-state index contributed by atoms with van der Waals surface area (Å²) in [6.07, 6.45) is -0.0116. The van der Waals surface area contributed by atoms with Gasteiger partial charge in [-0.2, -0.15) is 0 Å². The van der Waals surface area contributed by atoms with Crippen molar-refractivity contribution in [3.8, 4) is 0 Å². The molecule has 0 N–H and O–H groups in total. The van der Waals surface area contributed by atoms with Gasteiger partial charge in [0.25, 0.3) is 0 Å². The van der Waals surface area contributed by atoms with E-state index < -0.39 is 7.32 Å². The molecule has 40 valence electrons. The van der Waals surface area contributed by atoms with E-state index in [2.05, 4.69) is 9.31 Å². The van der Waals surface area contributed by atoms with Gasteiger partial charge in [0.05, 0.1) is 12.7 Å². The van der Waals surface area contributed by atoms with Crippen LogP contribution in [-0.2, 0) is 9.31 Å². The minimum Gasteiger partial charge on any atom is -0.832 e. The van der Waals surface area contributed by atoms with Crippen molar-refractivity contribution in [3.63, 3.8) is 0 Å². The first kappa shape index (κ1) is 8.94. The van der Waals surface area contributed by atoms with Gasteiger partial charge in [0, 0.05) is 0 Å². The van der Waals surface area contributed by atoms with Crippen molar-refractivity contribution >= 4 is 7.32 Å². The second-order valence-electron chi connectivity index (χ2n) is 1.57. The van der Waals surface area contributed by atoms with E-state index in [0.717, 1.165) is 0 Å². The number of rotatable bonds is 0. The van der Waals surface area contributed by atoms with Gasteiger partial charge in [0.2, 0.25) is 0 Å². The Morgan fingerprint density at radius 3 is 2.50 bits per heavy atom. The van der Waals surface area contributed by atoms with E-state index in [-0.39, 0.29) is 35.7 Å². The third kappa shape index (κ3) is 2.48. The summed E-state index contributed by atoms with van der Waals surface area (Å²) in [6, 6.07) is 0. The molecule has 1 fully saturated rings. The fourth-order valence-electron chi connectivity index (χ4n) is 0.482. The van der Waals surface area contributed by atoms with E-state index in [1.165, 1.54) is 0 Å². The second kappa shape index (κ2) is 3.87. The fourth-order valence-corrected chi connectivity index (χ4v) is 0.482. The van der Waals surface area contributed by atoms with Crippen molar-refractivity contribution in [1.82, 2.24) is 0 Å². The molecule has 0 saturated carbocycles. The van der Waals surface area contributed by atoms with E-state index >= 15 is 0 Å². The molecule has 0 aromatic carbocycles. The Labute approximate surface area is 70.8 Å². The minimum absolute atomic E-state index is 0. The average Bonchev–Trinajstić information content (AvgIpc) is 1.87. The van der Waals surface area contributed by atoms with Gasteiger partial charge in [-0.15, -0.1) is 0 Å². The van der Waals surface area contributed by atoms with Crippen LogP contribution < -0.4 is 34.6 Å². The predicted octanol–water partition coefficient (Wildman–Crippen LogP) is -4.23. The van der Waals surface area contributed by atoms with Crippen molar-refractivity contribution in [2.45, 2.75) is 13.0 Å². The molecular formula is C3H6BNaO3. The maximum atomic E-state index is 10.1. The summed E-state index contributed by atoms with van der Waals surface area (Å²) in [5, 5.41) is 10.1. The van der Waals surface area contributed by atoms with E-state index in [1.807, 2.05) is 0 Å². The Kier molecular flexibility index (Phi) is 4.33. The Hall–Kier alpha value is 0.945. The summed E-state index contributed by atoms with van der Waals surface area (Å²) in [7, 11) is -1.23. The van der Waals surface area contributed by atoms with Crippen LogP contribution in [0.3, 0.4) is 0 Å². The van der Waals surface area contributed by atoms with Crippen molar-refractivity contribution in [2.24, 2.45) is 0 Å². The van der Waals surface area contributed by atoms with Gasteiger partial charge in [-0.1, -0.05) is 0 Å². The topological polar surface area (TPSA) is 41.5 Å². The summed E-state index contributed by atoms with van der Waals surface area (Å²) >= 11 is 0. The zero-order chi connectivity index (χ0) is 5.28. The molecule has 8 heavy (non-hydrogen) atoms. The maximum Gasteiger partial charge on any atom is 1.00 e. The zero-order valence-electron chi connectivity index (χ0n) is 5.09. The van der Waals surface area contributed by atoms with Gasteiger partial charge in [0.1, 0.15) is 0 Å². The van der Waals surface area contributed by atoms with Crippen LogP contribution in [0.25, 0.3) is 0 Å². The number of hydrogen-bond acceptors (Lipinski definition) is 3. The molecule has 1 rings (SSSR count). The SMILES string of the molecule is CC1COB([O-])O1.[Na+]. The molecule has 0 aliphatic carbocycles. The third-order valence-electron chi connectivity index (χ3n) is 0.810. The van der Waals surface area contributed by atoms with E-state index in [1.54, 1.807) is 6.92 Å². The van der Waals surface area contributed by atoms with Crippen LogP contribution >= 0.6 is 0 Å². The van der Waals surface area contributed by atoms with Gasteiger partial charge < -0.3 is 14.3 Å². The minimum atomic E-state index is -1.23. The predicted molar refractivity (Wildman–Crippen MR) is 22.3 cm³/mol. The van der Waals surface area contributed by atoms with Crippen molar-refractivity contribution in [3.05, 3.63) is 0 Å². The normalized spacial score (nSPS) is 27.8. The molecule has 0 bridgehead atoms. The first-order valence-corrected chi connectivity index (χ1v) is 2.22. The molecule has 0 spiro atoms. The summed E-state index contributed by atoms with van der Waals surface area (Å²) in [4.78, 5) is 0. The second-order valence-corrected chi connectivity index (χ2v) is 1.57. The molecule has 1 saturated heterocycles. The van der Waals surface area contributed by atoms with Gasteiger partial charge in [0.15, 0.2) is 0 Å². The summed E-state index contributed by atoms with van der Waals surface area (Å²) < 4.78 is 9.07. The summed E-state index contributed by atoms with van der Waals surface area (Å²) in [5.41, 5.74) is 0. The van der Waals surface area contributed by atoms with Crippen LogP contribution in [0.5, 0.6) is 0 Å². The average molecular weight is 124 g/mol. The maximum absolute atomic E-state index is 10.1. The van der Waals surface area contributed by atoms with Gasteiger partial charge in [-0.05, 0) is 6.92 Å². The molecule has 3 nitrogen and oxygen atoms in total. The standard InChI is InChI=1S/C3H6BO3.Na/c1-3-2-6-4(5)7-3;/h3H,2H2,1H3;/q-1;+1. The van der Waals surface area contributed by atoms with Crippen molar-refractivity contribution in [1.29, 1.82) is 0 Å². The molecule has 1 unspecified atom stereocenters. The molecule has 0 amide bonds. The summed E-state index contributed by atoms with van der Waals surface area (Å²) in [6.45, 7) is 2.24. The molecule has 1 aliphatic heterocycles. The quantitative estimate of drug-likeness (QED) is 0.307.